The summed E-state index contributed by atoms with van der Waals surface area (Å²) in [4.78, 5) is 0. The average molecular weight is 667 g/mol. The summed E-state index contributed by atoms with van der Waals surface area (Å²) in [6, 6.07) is 13.9. The first kappa shape index (κ1) is 39.1. The lowest BCUT2D eigenvalue weighted by Gasteiger charge is -2.50. The molecule has 0 saturated heterocycles. The molecular weight excluding hydrogens is 609 g/mol. The summed E-state index contributed by atoms with van der Waals surface area (Å²) in [5, 5.41) is 0.0300. The molecule has 0 aliphatic heterocycles. The Bertz CT molecular complexity index is 1020. The number of ether oxygens (including phenoxy) is 8. The second kappa shape index (κ2) is 17.7. The molecule has 0 aliphatic carbocycles. The Labute approximate surface area is 274 Å². The third-order valence-corrected chi connectivity index (χ3v) is 21.0. The van der Waals surface area contributed by atoms with Crippen LogP contribution in [0.4, 0.5) is 0 Å². The number of methoxy groups -OCH3 is 4. The SMILES string of the molecule is COCOc1cc(CC[Si](C)(O[Si](C)(CCc2cc(OCOC)cc(OCOC)c2)C(C)(C)C)C(C)(C)C)cc(OCOC)c1. The highest BCUT2D eigenvalue weighted by Gasteiger charge is 2.51. The molecule has 45 heavy (non-hydrogen) atoms. The molecule has 0 fully saturated rings. The lowest BCUT2D eigenvalue weighted by atomic mass is 10.1. The van der Waals surface area contributed by atoms with Crippen LogP contribution >= 0.6 is 0 Å². The van der Waals surface area contributed by atoms with E-state index in [1.807, 2.05) is 12.1 Å². The smallest absolute Gasteiger partial charge is 0.188 e. The first-order valence-electron chi connectivity index (χ1n) is 15.5. The Morgan fingerprint density at radius 1 is 0.467 bits per heavy atom. The van der Waals surface area contributed by atoms with Crippen LogP contribution in [0.25, 0.3) is 0 Å². The summed E-state index contributed by atoms with van der Waals surface area (Å²) in [5.41, 5.74) is 2.27. The first-order valence-corrected chi connectivity index (χ1v) is 20.8. The van der Waals surface area contributed by atoms with Gasteiger partial charge in [-0.2, -0.15) is 0 Å². The molecule has 2 aromatic carbocycles. The van der Waals surface area contributed by atoms with Gasteiger partial charge < -0.3 is 42.0 Å². The Morgan fingerprint density at radius 3 is 0.956 bits per heavy atom. The van der Waals surface area contributed by atoms with E-state index < -0.39 is 16.6 Å². The van der Waals surface area contributed by atoms with Gasteiger partial charge in [-0.3, -0.25) is 0 Å². The minimum atomic E-state index is -2.31. The largest absolute Gasteiger partial charge is 0.467 e. The van der Waals surface area contributed by atoms with Crippen molar-refractivity contribution in [3.05, 3.63) is 47.5 Å². The van der Waals surface area contributed by atoms with Crippen LogP contribution in [0.1, 0.15) is 52.7 Å². The van der Waals surface area contributed by atoms with Gasteiger partial charge in [0.05, 0.1) is 0 Å². The molecule has 0 N–H and O–H groups in total. The molecule has 0 radical (unpaired) electrons. The average Bonchev–Trinajstić information content (AvgIpc) is 2.97. The van der Waals surface area contributed by atoms with Crippen molar-refractivity contribution in [2.75, 3.05) is 55.6 Å². The summed E-state index contributed by atoms with van der Waals surface area (Å²) in [5.74, 6) is 2.83. The molecule has 0 aliphatic rings. The van der Waals surface area contributed by atoms with Gasteiger partial charge in [-0.1, -0.05) is 41.5 Å². The summed E-state index contributed by atoms with van der Waals surface area (Å²) in [6.45, 7) is 19.5. The summed E-state index contributed by atoms with van der Waals surface area (Å²) in [6.07, 6.45) is 1.70. The predicted octanol–water partition coefficient (Wildman–Crippen LogP) is 8.17. The van der Waals surface area contributed by atoms with E-state index in [9.17, 15) is 0 Å². The molecule has 2 aromatic rings. The summed E-state index contributed by atoms with van der Waals surface area (Å²) in [7, 11) is 1.82. The third-order valence-electron chi connectivity index (χ3n) is 8.66. The fourth-order valence-electron chi connectivity index (χ4n) is 4.81. The van der Waals surface area contributed by atoms with Crippen LogP contribution in [0.5, 0.6) is 23.0 Å². The zero-order valence-corrected chi connectivity index (χ0v) is 31.8. The molecule has 9 nitrogen and oxygen atoms in total. The predicted molar refractivity (Wildman–Crippen MR) is 184 cm³/mol. The molecule has 11 heteroatoms. The second-order valence-corrected chi connectivity index (χ2v) is 23.6. The van der Waals surface area contributed by atoms with Crippen LogP contribution in [0, 0.1) is 0 Å². The maximum absolute atomic E-state index is 7.65. The molecule has 0 amide bonds. The van der Waals surface area contributed by atoms with Gasteiger partial charge >= 0.3 is 0 Å². The van der Waals surface area contributed by atoms with Crippen molar-refractivity contribution in [3.63, 3.8) is 0 Å². The van der Waals surface area contributed by atoms with E-state index in [-0.39, 0.29) is 37.2 Å². The molecule has 0 bridgehead atoms. The quantitative estimate of drug-likeness (QED) is 0.103. The van der Waals surface area contributed by atoms with Crippen molar-refractivity contribution in [3.8, 4) is 23.0 Å². The molecule has 0 aromatic heterocycles. The maximum Gasteiger partial charge on any atom is 0.188 e. The summed E-state index contributed by atoms with van der Waals surface area (Å²) < 4.78 is 51.3. The summed E-state index contributed by atoms with van der Waals surface area (Å²) >= 11 is 0. The Balaban J connectivity index is 2.36. The van der Waals surface area contributed by atoms with Gasteiger partial charge in [0.2, 0.25) is 0 Å². The fourth-order valence-corrected chi connectivity index (χ4v) is 15.1. The zero-order valence-electron chi connectivity index (χ0n) is 29.8. The number of hydrogen-bond acceptors (Lipinski definition) is 9. The zero-order chi connectivity index (χ0) is 33.7. The van der Waals surface area contributed by atoms with Crippen LogP contribution < -0.4 is 18.9 Å². The van der Waals surface area contributed by atoms with E-state index in [1.54, 1.807) is 28.4 Å². The highest BCUT2D eigenvalue weighted by Crippen LogP contribution is 2.49. The van der Waals surface area contributed by atoms with Crippen molar-refractivity contribution in [1.82, 2.24) is 0 Å². The molecule has 2 unspecified atom stereocenters. The molecule has 2 atom stereocenters. The lowest BCUT2D eigenvalue weighted by molar-refractivity contribution is 0.0456. The molecule has 0 spiro atoms. The van der Waals surface area contributed by atoms with Crippen molar-refractivity contribution >= 4 is 16.6 Å². The maximum atomic E-state index is 7.65. The number of hydrogen-bond donors (Lipinski definition) is 0. The van der Waals surface area contributed by atoms with E-state index in [4.69, 9.17) is 42.0 Å². The van der Waals surface area contributed by atoms with E-state index in [0.29, 0.717) is 23.0 Å². The Kier molecular flexibility index (Phi) is 15.4. The van der Waals surface area contributed by atoms with Crippen LogP contribution in [0.2, 0.25) is 35.3 Å². The lowest BCUT2D eigenvalue weighted by Crippen LogP contribution is -2.57. The standard InChI is InChI=1S/C34H58O9Si2/c1-33(2,3)44(11,15-13-27-17-29(39-23-35-7)21-30(18-27)40-24-36-8)43-45(12,34(4,5)6)16-14-28-19-31(41-25-37-9)22-32(20-28)42-26-38-10/h17-22H,13-16,23-26H2,1-12H3. The normalized spacial score (nSPS) is 14.8. The monoisotopic (exact) mass is 666 g/mol. The van der Waals surface area contributed by atoms with Gasteiger partial charge in [0.15, 0.2) is 43.8 Å². The highest BCUT2D eigenvalue weighted by atomic mass is 28.4. The second-order valence-electron chi connectivity index (χ2n) is 13.9. The van der Waals surface area contributed by atoms with Crippen molar-refractivity contribution in [2.24, 2.45) is 0 Å². The molecular formula is C34H58O9Si2. The van der Waals surface area contributed by atoms with E-state index in [1.165, 1.54) is 0 Å². The number of aryl methyl sites for hydroxylation is 2. The van der Waals surface area contributed by atoms with E-state index >= 15 is 0 Å². The van der Waals surface area contributed by atoms with Gasteiger partial charge in [-0.25, -0.2) is 0 Å². The third kappa shape index (κ3) is 12.2. The van der Waals surface area contributed by atoms with Crippen LogP contribution in [0.15, 0.2) is 36.4 Å². The van der Waals surface area contributed by atoms with Crippen LogP contribution in [0.3, 0.4) is 0 Å². The molecule has 0 heterocycles. The van der Waals surface area contributed by atoms with Gasteiger partial charge in [0.25, 0.3) is 0 Å². The van der Waals surface area contributed by atoms with Crippen LogP contribution in [-0.2, 0) is 35.9 Å². The van der Waals surface area contributed by atoms with Crippen molar-refractivity contribution in [1.29, 1.82) is 0 Å². The van der Waals surface area contributed by atoms with Gasteiger partial charge in [0.1, 0.15) is 23.0 Å². The number of benzene rings is 2. The van der Waals surface area contributed by atoms with Gasteiger partial charge in [-0.05, 0) is 83.5 Å². The molecule has 256 valence electrons. The molecule has 2 rings (SSSR count). The van der Waals surface area contributed by atoms with E-state index in [0.717, 1.165) is 36.1 Å². The number of rotatable bonds is 20. The minimum Gasteiger partial charge on any atom is -0.467 e. The topological polar surface area (TPSA) is 83.1 Å². The van der Waals surface area contributed by atoms with Gasteiger partial charge in [0, 0.05) is 40.6 Å². The van der Waals surface area contributed by atoms with Gasteiger partial charge in [-0.15, -0.1) is 0 Å². The Morgan fingerprint density at radius 2 is 0.733 bits per heavy atom. The van der Waals surface area contributed by atoms with Crippen molar-refractivity contribution < 1.29 is 42.0 Å². The van der Waals surface area contributed by atoms with Crippen LogP contribution in [-0.4, -0.2) is 72.2 Å². The van der Waals surface area contributed by atoms with E-state index in [2.05, 4.69) is 78.9 Å². The first-order chi connectivity index (χ1) is 21.1. The fraction of sp³-hybridized carbons (Fsp3) is 0.647. The minimum absolute atomic E-state index is 0.0150. The molecule has 0 saturated carbocycles. The highest BCUT2D eigenvalue weighted by molar-refractivity contribution is 6.88. The Hall–Kier alpha value is -2.13. The van der Waals surface area contributed by atoms with Crippen molar-refractivity contribution in [2.45, 2.75) is 89.6 Å².